The Labute approximate surface area is 63.9 Å². The molecule has 7 heteroatoms. The SMILES string of the molecule is O=C(OC(F)=CF)OC(F)=CF. The molecule has 0 saturated carbocycles. The molecule has 0 bridgehead atoms. The smallest absolute Gasteiger partial charge is 0.364 e. The van der Waals surface area contributed by atoms with Gasteiger partial charge in [-0.3, -0.25) is 0 Å². The summed E-state index contributed by atoms with van der Waals surface area (Å²) in [7, 11) is 0. The third kappa shape index (κ3) is 4.31. The molecule has 0 unspecified atom stereocenters. The Morgan fingerprint density at radius 2 is 1.33 bits per heavy atom. The summed E-state index contributed by atoms with van der Waals surface area (Å²) < 4.78 is 52.1. The topological polar surface area (TPSA) is 35.5 Å². The summed E-state index contributed by atoms with van der Waals surface area (Å²) in [4.78, 5) is 10.0. The van der Waals surface area contributed by atoms with Gasteiger partial charge in [0, 0.05) is 0 Å². The molecule has 0 saturated heterocycles. The van der Waals surface area contributed by atoms with E-state index >= 15 is 0 Å². The third-order valence-corrected chi connectivity index (χ3v) is 0.533. The summed E-state index contributed by atoms with van der Waals surface area (Å²) in [5.41, 5.74) is 0. The molecule has 0 aromatic carbocycles. The average Bonchev–Trinajstić information content (AvgIpc) is 2.03. The molecule has 0 radical (unpaired) electrons. The van der Waals surface area contributed by atoms with Crippen molar-refractivity contribution in [2.75, 3.05) is 0 Å². The first-order valence-electron chi connectivity index (χ1n) is 2.41. The normalized spacial score (nSPS) is 12.7. The fourth-order valence-corrected chi connectivity index (χ4v) is 0.225. The minimum absolute atomic E-state index is 0.696. The molecule has 3 nitrogen and oxygen atoms in total. The number of hydrogen-bond donors (Lipinski definition) is 0. The lowest BCUT2D eigenvalue weighted by Crippen LogP contribution is -2.03. The van der Waals surface area contributed by atoms with Crippen LogP contribution in [0, 0.1) is 0 Å². The van der Waals surface area contributed by atoms with Gasteiger partial charge in [0.15, 0.2) is 12.7 Å². The molecule has 0 aliphatic carbocycles. The number of carbonyl (C=O) groups excluding carboxylic acids is 1. The molecule has 0 aromatic heterocycles. The Hall–Kier alpha value is -1.53. The lowest BCUT2D eigenvalue weighted by molar-refractivity contribution is 0.0646. The number of hydrogen-bond acceptors (Lipinski definition) is 3. The van der Waals surface area contributed by atoms with Crippen molar-refractivity contribution in [3.05, 3.63) is 24.7 Å². The van der Waals surface area contributed by atoms with Gasteiger partial charge in [-0.05, 0) is 0 Å². The van der Waals surface area contributed by atoms with Crippen LogP contribution >= 0.6 is 0 Å². The molecule has 12 heavy (non-hydrogen) atoms. The van der Waals surface area contributed by atoms with Crippen molar-refractivity contribution in [2.24, 2.45) is 0 Å². The number of ether oxygens (including phenoxy) is 2. The maximum absolute atomic E-state index is 11.7. The van der Waals surface area contributed by atoms with E-state index in [1.807, 2.05) is 0 Å². The summed E-state index contributed by atoms with van der Waals surface area (Å²) in [6, 6.07) is -3.85. The predicted octanol–water partition coefficient (Wildman–Crippen LogP) is 2.62. The van der Waals surface area contributed by atoms with Gasteiger partial charge in [-0.1, -0.05) is 0 Å². The zero-order valence-corrected chi connectivity index (χ0v) is 5.39. The van der Waals surface area contributed by atoms with E-state index in [1.165, 1.54) is 0 Å². The van der Waals surface area contributed by atoms with E-state index in [1.54, 1.807) is 0 Å². The molecule has 0 spiro atoms. The summed E-state index contributed by atoms with van der Waals surface area (Å²) >= 11 is 0. The Bertz CT molecular complexity index is 201. The molecule has 68 valence electrons. The van der Waals surface area contributed by atoms with Crippen LogP contribution in [-0.2, 0) is 9.47 Å². The maximum atomic E-state index is 11.7. The second kappa shape index (κ2) is 5.16. The summed E-state index contributed by atoms with van der Waals surface area (Å²) in [5.74, 6) is 0. The highest BCUT2D eigenvalue weighted by molar-refractivity contribution is 5.62. The molecule has 0 rings (SSSR count). The molecule has 0 aliphatic rings. The number of carbonyl (C=O) groups is 1. The van der Waals surface area contributed by atoms with Crippen molar-refractivity contribution >= 4 is 6.16 Å². The largest absolute Gasteiger partial charge is 0.523 e. The molecular weight excluding hydrogens is 184 g/mol. The van der Waals surface area contributed by atoms with Crippen LogP contribution in [-0.4, -0.2) is 6.16 Å². The van der Waals surface area contributed by atoms with Crippen LogP contribution in [0.1, 0.15) is 0 Å². The highest BCUT2D eigenvalue weighted by Crippen LogP contribution is 2.06. The fraction of sp³-hybridized carbons (Fsp3) is 0. The standard InChI is InChI=1S/C5H2F4O3/c6-1-3(8)11-5(10)12-4(9)2-7/h1-2H. The minimum Gasteiger partial charge on any atom is -0.364 e. The second-order valence-electron chi connectivity index (χ2n) is 1.28. The van der Waals surface area contributed by atoms with E-state index < -0.39 is 30.8 Å². The summed E-state index contributed by atoms with van der Waals surface area (Å²) in [6.07, 6.45) is -3.32. The highest BCUT2D eigenvalue weighted by Gasteiger charge is 2.10. The molecule has 0 amide bonds. The lowest BCUT2D eigenvalue weighted by Gasteiger charge is -1.97. The van der Waals surface area contributed by atoms with Crippen LogP contribution in [0.15, 0.2) is 24.7 Å². The van der Waals surface area contributed by atoms with Gasteiger partial charge in [0.25, 0.3) is 0 Å². The van der Waals surface area contributed by atoms with E-state index in [0.717, 1.165) is 0 Å². The average molecular weight is 186 g/mol. The van der Waals surface area contributed by atoms with E-state index in [-0.39, 0.29) is 0 Å². The van der Waals surface area contributed by atoms with Crippen LogP contribution in [0.4, 0.5) is 22.4 Å². The van der Waals surface area contributed by atoms with Crippen molar-refractivity contribution in [1.82, 2.24) is 0 Å². The van der Waals surface area contributed by atoms with Crippen molar-refractivity contribution < 1.29 is 31.8 Å². The lowest BCUT2D eigenvalue weighted by atomic mass is 11.0. The monoisotopic (exact) mass is 186 g/mol. The van der Waals surface area contributed by atoms with Gasteiger partial charge in [-0.2, -0.15) is 8.78 Å². The molecule has 0 atom stereocenters. The molecule has 0 aliphatic heterocycles. The molecule has 0 heterocycles. The predicted molar refractivity (Wildman–Crippen MR) is 28.2 cm³/mol. The second-order valence-corrected chi connectivity index (χ2v) is 1.28. The van der Waals surface area contributed by atoms with Crippen molar-refractivity contribution in [2.45, 2.75) is 0 Å². The first-order valence-corrected chi connectivity index (χ1v) is 2.41. The minimum atomic E-state index is -1.92. The van der Waals surface area contributed by atoms with Gasteiger partial charge in [0.05, 0.1) is 0 Å². The summed E-state index contributed by atoms with van der Waals surface area (Å²) in [6.45, 7) is 0. The van der Waals surface area contributed by atoms with E-state index in [2.05, 4.69) is 9.47 Å². The molecule has 0 aromatic rings. The van der Waals surface area contributed by atoms with E-state index in [0.29, 0.717) is 0 Å². The Kier molecular flexibility index (Phi) is 4.51. The van der Waals surface area contributed by atoms with Crippen LogP contribution in [0.25, 0.3) is 0 Å². The summed E-state index contributed by atoms with van der Waals surface area (Å²) in [5, 5.41) is 0. The zero-order chi connectivity index (χ0) is 9.56. The van der Waals surface area contributed by atoms with Crippen molar-refractivity contribution in [3.8, 4) is 0 Å². The van der Waals surface area contributed by atoms with E-state index in [4.69, 9.17) is 0 Å². The maximum Gasteiger partial charge on any atom is 0.523 e. The number of rotatable bonds is 2. The fourth-order valence-electron chi connectivity index (χ4n) is 0.225. The van der Waals surface area contributed by atoms with E-state index in [9.17, 15) is 22.4 Å². The Morgan fingerprint density at radius 1 is 1.00 bits per heavy atom. The van der Waals surface area contributed by atoms with Crippen LogP contribution < -0.4 is 0 Å². The van der Waals surface area contributed by atoms with Gasteiger partial charge in [0.2, 0.25) is 0 Å². The quantitative estimate of drug-likeness (QED) is 0.377. The highest BCUT2D eigenvalue weighted by atomic mass is 19.2. The van der Waals surface area contributed by atoms with Crippen molar-refractivity contribution in [3.63, 3.8) is 0 Å². The van der Waals surface area contributed by atoms with Gasteiger partial charge < -0.3 is 9.47 Å². The van der Waals surface area contributed by atoms with Gasteiger partial charge in [0.1, 0.15) is 0 Å². The first-order chi connectivity index (χ1) is 5.60. The first kappa shape index (κ1) is 10.5. The Balaban J connectivity index is 3.91. The third-order valence-electron chi connectivity index (χ3n) is 0.533. The number of halogens is 4. The zero-order valence-electron chi connectivity index (χ0n) is 5.39. The van der Waals surface area contributed by atoms with Crippen LogP contribution in [0.2, 0.25) is 0 Å². The van der Waals surface area contributed by atoms with Crippen LogP contribution in [0.3, 0.4) is 0 Å². The molecular formula is C5H2F4O3. The molecule has 0 N–H and O–H groups in total. The van der Waals surface area contributed by atoms with Crippen molar-refractivity contribution in [1.29, 1.82) is 0 Å². The Morgan fingerprint density at radius 3 is 1.58 bits per heavy atom. The van der Waals surface area contributed by atoms with Crippen LogP contribution in [0.5, 0.6) is 0 Å². The van der Waals surface area contributed by atoms with Gasteiger partial charge in [-0.25, -0.2) is 13.6 Å². The molecule has 0 fully saturated rings. The van der Waals surface area contributed by atoms with Gasteiger partial charge >= 0.3 is 18.2 Å². The van der Waals surface area contributed by atoms with Gasteiger partial charge in [-0.15, -0.1) is 0 Å².